The first-order valence-electron chi connectivity index (χ1n) is 6.66. The van der Waals surface area contributed by atoms with Crippen molar-refractivity contribution in [2.45, 2.75) is 0 Å². The first-order chi connectivity index (χ1) is 10.0. The molecule has 0 saturated carbocycles. The number of quaternary nitrogens is 1. The Hall–Kier alpha value is -2.12. The minimum atomic E-state index is -1.34. The highest BCUT2D eigenvalue weighted by atomic mass is 16.5. The number of carboxylic acid groups (broad SMARTS) is 1. The number of aliphatic hydroxyl groups excluding tert-OH is 1. The number of aliphatic carboxylic acids is 1. The molecular weight excluding hydrogens is 276 g/mol. The molecule has 116 valence electrons. The summed E-state index contributed by atoms with van der Waals surface area (Å²) >= 11 is 0. The summed E-state index contributed by atoms with van der Waals surface area (Å²) in [7, 11) is 1.96. The minimum Gasteiger partial charge on any atom is -0.548 e. The molecule has 0 aromatic heterocycles. The van der Waals surface area contributed by atoms with Gasteiger partial charge in [0.2, 0.25) is 0 Å². The van der Waals surface area contributed by atoms with Crippen molar-refractivity contribution in [1.29, 1.82) is 0 Å². The number of carbonyl (C=O) groups excluding carboxylic acids is 2. The second-order valence-corrected chi connectivity index (χ2v) is 4.61. The van der Waals surface area contributed by atoms with Crippen LogP contribution in [-0.4, -0.2) is 56.9 Å². The predicted molar refractivity (Wildman–Crippen MR) is 73.0 cm³/mol. The lowest BCUT2D eigenvalue weighted by Gasteiger charge is -2.13. The standard InChI is InChI=1S/C14H20N2O5/c1-16(6-8-17)7-9-21-12-4-2-11(3-5-12)14(20)15-10-13(18)19/h2-5,17H,6-10H2,1H3,(H,15,20)(H,18,19). The molecule has 0 aliphatic rings. The fourth-order valence-electron chi connectivity index (χ4n) is 1.62. The average molecular weight is 296 g/mol. The van der Waals surface area contributed by atoms with Gasteiger partial charge >= 0.3 is 0 Å². The molecule has 0 radical (unpaired) electrons. The van der Waals surface area contributed by atoms with E-state index in [9.17, 15) is 14.7 Å². The number of benzene rings is 1. The van der Waals surface area contributed by atoms with Crippen molar-refractivity contribution < 1.29 is 29.4 Å². The van der Waals surface area contributed by atoms with Crippen molar-refractivity contribution in [2.24, 2.45) is 0 Å². The molecule has 1 aromatic rings. The maximum Gasteiger partial charge on any atom is 0.251 e. The number of likely N-dealkylation sites (N-methyl/N-ethyl adjacent to an activating group) is 1. The Labute approximate surface area is 123 Å². The van der Waals surface area contributed by atoms with Crippen molar-refractivity contribution in [3.63, 3.8) is 0 Å². The van der Waals surface area contributed by atoms with Gasteiger partial charge in [-0.2, -0.15) is 0 Å². The van der Waals surface area contributed by atoms with E-state index >= 15 is 0 Å². The number of hydrogen-bond acceptors (Lipinski definition) is 5. The van der Waals surface area contributed by atoms with E-state index in [1.807, 2.05) is 7.05 Å². The van der Waals surface area contributed by atoms with Gasteiger partial charge in [0.05, 0.1) is 26.2 Å². The lowest BCUT2D eigenvalue weighted by molar-refractivity contribution is -0.880. The summed E-state index contributed by atoms with van der Waals surface area (Å²) in [6.07, 6.45) is 0. The fourth-order valence-corrected chi connectivity index (χ4v) is 1.62. The summed E-state index contributed by atoms with van der Waals surface area (Å²) in [5, 5.41) is 21.2. The summed E-state index contributed by atoms with van der Waals surface area (Å²) in [5.41, 5.74) is 0.353. The maximum absolute atomic E-state index is 11.6. The Morgan fingerprint density at radius 2 is 1.95 bits per heavy atom. The minimum absolute atomic E-state index is 0.140. The maximum atomic E-state index is 11.6. The summed E-state index contributed by atoms with van der Waals surface area (Å²) in [4.78, 5) is 23.0. The number of hydrogen-bond donors (Lipinski definition) is 3. The molecular formula is C14H20N2O5. The molecule has 1 amide bonds. The van der Waals surface area contributed by atoms with E-state index in [-0.39, 0.29) is 6.61 Å². The molecule has 0 spiro atoms. The predicted octanol–water partition coefficient (Wildman–Crippen LogP) is -2.95. The molecule has 7 nitrogen and oxygen atoms in total. The highest BCUT2D eigenvalue weighted by Gasteiger charge is 2.06. The van der Waals surface area contributed by atoms with Crippen LogP contribution in [0.2, 0.25) is 0 Å². The van der Waals surface area contributed by atoms with Gasteiger partial charge in [0, 0.05) is 5.56 Å². The molecule has 1 aromatic carbocycles. The molecule has 0 aliphatic carbocycles. The number of rotatable bonds is 9. The van der Waals surface area contributed by atoms with E-state index in [0.29, 0.717) is 24.5 Å². The molecule has 0 fully saturated rings. The Bertz CT molecular complexity index is 461. The Morgan fingerprint density at radius 1 is 1.29 bits per heavy atom. The number of aliphatic hydroxyl groups is 1. The third-order valence-electron chi connectivity index (χ3n) is 2.85. The number of carbonyl (C=O) groups is 2. The topological polar surface area (TPSA) is 103 Å². The molecule has 21 heavy (non-hydrogen) atoms. The number of ether oxygens (including phenoxy) is 1. The summed E-state index contributed by atoms with van der Waals surface area (Å²) in [5.74, 6) is -1.18. The van der Waals surface area contributed by atoms with Crippen molar-refractivity contribution in [3.8, 4) is 5.75 Å². The normalized spacial score (nSPS) is 11.7. The third-order valence-corrected chi connectivity index (χ3v) is 2.85. The average Bonchev–Trinajstić information content (AvgIpc) is 2.45. The van der Waals surface area contributed by atoms with Gasteiger partial charge in [-0.3, -0.25) is 4.79 Å². The van der Waals surface area contributed by atoms with E-state index in [0.717, 1.165) is 11.4 Å². The van der Waals surface area contributed by atoms with E-state index in [1.165, 1.54) is 0 Å². The summed E-state index contributed by atoms with van der Waals surface area (Å²) < 4.78 is 5.52. The number of carboxylic acids is 1. The van der Waals surface area contributed by atoms with Crippen LogP contribution in [0, 0.1) is 0 Å². The lowest BCUT2D eigenvalue weighted by atomic mass is 10.2. The van der Waals surface area contributed by atoms with Crippen molar-refractivity contribution in [1.82, 2.24) is 5.32 Å². The Kier molecular flexibility index (Phi) is 7.20. The van der Waals surface area contributed by atoms with E-state index in [4.69, 9.17) is 9.84 Å². The molecule has 1 atom stereocenters. The first-order valence-corrected chi connectivity index (χ1v) is 6.66. The van der Waals surface area contributed by atoms with E-state index in [2.05, 4.69) is 5.32 Å². The van der Waals surface area contributed by atoms with Gasteiger partial charge in [-0.1, -0.05) is 0 Å². The van der Waals surface area contributed by atoms with Gasteiger partial charge in [-0.25, -0.2) is 0 Å². The van der Waals surface area contributed by atoms with Gasteiger partial charge in [0.15, 0.2) is 0 Å². The van der Waals surface area contributed by atoms with Crippen LogP contribution in [0.25, 0.3) is 0 Å². The van der Waals surface area contributed by atoms with Crippen molar-refractivity contribution in [2.75, 3.05) is 39.9 Å². The largest absolute Gasteiger partial charge is 0.548 e. The fraction of sp³-hybridized carbons (Fsp3) is 0.429. The van der Waals surface area contributed by atoms with Crippen LogP contribution < -0.4 is 20.1 Å². The van der Waals surface area contributed by atoms with Gasteiger partial charge < -0.3 is 30.0 Å². The first kappa shape index (κ1) is 16.9. The summed E-state index contributed by atoms with van der Waals surface area (Å²) in [6, 6.07) is 6.42. The zero-order valence-electron chi connectivity index (χ0n) is 11.9. The quantitative estimate of drug-likeness (QED) is 0.452. The Morgan fingerprint density at radius 3 is 2.52 bits per heavy atom. The SMILES string of the molecule is C[NH+](CCO)CCOc1ccc(C(=O)NCC(=O)[O-])cc1. The van der Waals surface area contributed by atoms with Crippen LogP contribution in [0.3, 0.4) is 0 Å². The van der Waals surface area contributed by atoms with Crippen LogP contribution in [0.5, 0.6) is 5.75 Å². The molecule has 7 heteroatoms. The second-order valence-electron chi connectivity index (χ2n) is 4.61. The highest BCUT2D eigenvalue weighted by molar-refractivity contribution is 5.95. The van der Waals surface area contributed by atoms with Gasteiger partial charge in [0.25, 0.3) is 5.91 Å². The van der Waals surface area contributed by atoms with Crippen LogP contribution in [0.1, 0.15) is 10.4 Å². The smallest absolute Gasteiger partial charge is 0.251 e. The van der Waals surface area contributed by atoms with E-state index < -0.39 is 18.4 Å². The molecule has 3 N–H and O–H groups in total. The van der Waals surface area contributed by atoms with Crippen LogP contribution in [-0.2, 0) is 4.79 Å². The molecule has 0 bridgehead atoms. The lowest BCUT2D eigenvalue weighted by Crippen LogP contribution is -3.10. The number of nitrogens with one attached hydrogen (secondary N) is 2. The van der Waals surface area contributed by atoms with Gasteiger partial charge in [-0.05, 0) is 24.3 Å². The monoisotopic (exact) mass is 296 g/mol. The van der Waals surface area contributed by atoms with Crippen molar-refractivity contribution >= 4 is 11.9 Å². The zero-order chi connectivity index (χ0) is 15.7. The zero-order valence-corrected chi connectivity index (χ0v) is 11.9. The molecule has 1 rings (SSSR count). The molecule has 0 saturated heterocycles. The Balaban J connectivity index is 2.39. The van der Waals surface area contributed by atoms with Gasteiger partial charge in [0.1, 0.15) is 25.4 Å². The van der Waals surface area contributed by atoms with Crippen LogP contribution >= 0.6 is 0 Å². The second kappa shape index (κ2) is 8.93. The number of amides is 1. The molecule has 1 unspecified atom stereocenters. The van der Waals surface area contributed by atoms with Crippen LogP contribution in [0.4, 0.5) is 0 Å². The molecule has 0 heterocycles. The van der Waals surface area contributed by atoms with Crippen molar-refractivity contribution in [3.05, 3.63) is 29.8 Å². The summed E-state index contributed by atoms with van der Waals surface area (Å²) in [6.45, 7) is 1.55. The van der Waals surface area contributed by atoms with E-state index in [1.54, 1.807) is 24.3 Å². The third kappa shape index (κ3) is 6.73. The van der Waals surface area contributed by atoms with Crippen LogP contribution in [0.15, 0.2) is 24.3 Å². The molecule has 0 aliphatic heterocycles. The highest BCUT2D eigenvalue weighted by Crippen LogP contribution is 2.11. The van der Waals surface area contributed by atoms with Gasteiger partial charge in [-0.15, -0.1) is 0 Å².